The van der Waals surface area contributed by atoms with E-state index in [0.717, 1.165) is 23.7 Å². The van der Waals surface area contributed by atoms with Crippen molar-refractivity contribution in [2.24, 2.45) is 10.2 Å². The molecular formula is C22H23Cl2N3O3. The van der Waals surface area contributed by atoms with Crippen LogP contribution in [0.5, 0.6) is 11.6 Å². The van der Waals surface area contributed by atoms with Gasteiger partial charge in [-0.2, -0.15) is 0 Å². The van der Waals surface area contributed by atoms with Crippen molar-refractivity contribution in [1.82, 2.24) is 4.57 Å². The number of nitrogens with zero attached hydrogens (tertiary/aromatic N) is 3. The van der Waals surface area contributed by atoms with Gasteiger partial charge in [0.05, 0.1) is 17.1 Å². The van der Waals surface area contributed by atoms with Crippen LogP contribution in [0.25, 0.3) is 10.9 Å². The number of aromatic hydroxyl groups is 1. The number of ether oxygens (including phenoxy) is 1. The molecule has 1 heterocycles. The molecule has 0 atom stereocenters. The average Bonchev–Trinajstić information content (AvgIpc) is 3.00. The maximum atomic E-state index is 12.1. The summed E-state index contributed by atoms with van der Waals surface area (Å²) in [6, 6.07) is 12.5. The van der Waals surface area contributed by atoms with Gasteiger partial charge in [-0.3, -0.25) is 4.79 Å². The number of benzene rings is 2. The van der Waals surface area contributed by atoms with Crippen LogP contribution >= 0.6 is 23.2 Å². The van der Waals surface area contributed by atoms with Crippen molar-refractivity contribution in [3.63, 3.8) is 0 Å². The Labute approximate surface area is 185 Å². The molecule has 3 rings (SSSR count). The first kappa shape index (κ1) is 22.1. The van der Waals surface area contributed by atoms with Crippen molar-refractivity contribution < 1.29 is 14.6 Å². The molecule has 0 saturated heterocycles. The van der Waals surface area contributed by atoms with Crippen molar-refractivity contribution in [3.8, 4) is 11.6 Å². The van der Waals surface area contributed by atoms with E-state index in [1.807, 2.05) is 24.3 Å². The van der Waals surface area contributed by atoms with E-state index in [0.29, 0.717) is 41.1 Å². The van der Waals surface area contributed by atoms with E-state index in [1.54, 1.807) is 22.8 Å². The van der Waals surface area contributed by atoms with Crippen LogP contribution in [0.1, 0.15) is 32.6 Å². The van der Waals surface area contributed by atoms with Gasteiger partial charge in [-0.05, 0) is 37.1 Å². The van der Waals surface area contributed by atoms with E-state index in [9.17, 15) is 9.90 Å². The van der Waals surface area contributed by atoms with Crippen LogP contribution in [0.4, 0.5) is 5.69 Å². The number of carbonyl (C=O) groups is 1. The lowest BCUT2D eigenvalue weighted by molar-refractivity contribution is -0.118. The Morgan fingerprint density at radius 1 is 1.17 bits per heavy atom. The van der Waals surface area contributed by atoms with Gasteiger partial charge in [-0.25, -0.2) is 0 Å². The normalized spacial score (nSPS) is 11.4. The number of halogens is 2. The third kappa shape index (κ3) is 5.32. The summed E-state index contributed by atoms with van der Waals surface area (Å²) >= 11 is 11.9. The van der Waals surface area contributed by atoms with E-state index in [2.05, 4.69) is 17.2 Å². The molecule has 0 aliphatic rings. The molecular weight excluding hydrogens is 425 g/mol. The largest absolute Gasteiger partial charge is 0.493 e. The summed E-state index contributed by atoms with van der Waals surface area (Å²) in [6.45, 7) is 3.08. The molecule has 0 aliphatic carbocycles. The summed E-state index contributed by atoms with van der Waals surface area (Å²) in [7, 11) is 0. The first-order chi connectivity index (χ1) is 14.5. The smallest absolute Gasteiger partial charge is 0.264 e. The fourth-order valence-electron chi connectivity index (χ4n) is 3.07. The minimum atomic E-state index is -0.384. The number of azo groups is 1. The summed E-state index contributed by atoms with van der Waals surface area (Å²) in [6.07, 6.45) is 2.56. The highest BCUT2D eigenvalue weighted by Gasteiger charge is 2.16. The monoisotopic (exact) mass is 447 g/mol. The zero-order valence-corrected chi connectivity index (χ0v) is 18.2. The van der Waals surface area contributed by atoms with Crippen LogP contribution in [-0.2, 0) is 11.3 Å². The van der Waals surface area contributed by atoms with Crippen LogP contribution in [0, 0.1) is 0 Å². The molecule has 0 radical (unpaired) electrons. The number of hydrogen-bond acceptors (Lipinski definition) is 4. The molecule has 0 spiro atoms. The van der Waals surface area contributed by atoms with Gasteiger partial charge in [-0.15, -0.1) is 10.2 Å². The Morgan fingerprint density at radius 2 is 1.97 bits per heavy atom. The van der Waals surface area contributed by atoms with Crippen molar-refractivity contribution in [3.05, 3.63) is 52.5 Å². The molecule has 1 aromatic heterocycles. The number of unbranched alkanes of at least 4 members (excludes halogenated alkanes) is 1. The first-order valence-corrected chi connectivity index (χ1v) is 10.6. The molecule has 0 saturated carbocycles. The summed E-state index contributed by atoms with van der Waals surface area (Å²) in [5.74, 6) is 0.160. The average molecular weight is 448 g/mol. The van der Waals surface area contributed by atoms with E-state index >= 15 is 0 Å². The second-order valence-corrected chi connectivity index (χ2v) is 7.66. The molecule has 30 heavy (non-hydrogen) atoms. The van der Waals surface area contributed by atoms with Gasteiger partial charge >= 0.3 is 0 Å². The second kappa shape index (κ2) is 10.5. The molecule has 0 fully saturated rings. The summed E-state index contributed by atoms with van der Waals surface area (Å²) in [5.41, 5.74) is 1.19. The van der Waals surface area contributed by atoms with Gasteiger partial charge in [-0.1, -0.05) is 54.7 Å². The van der Waals surface area contributed by atoms with Crippen LogP contribution in [0.3, 0.4) is 0 Å². The Balaban J connectivity index is 1.60. The van der Waals surface area contributed by atoms with Crippen LogP contribution in [-0.4, -0.2) is 22.2 Å². The zero-order chi connectivity index (χ0) is 21.5. The third-order valence-corrected chi connectivity index (χ3v) is 5.13. The fraction of sp³-hybridized carbons (Fsp3) is 0.318. The van der Waals surface area contributed by atoms with E-state index in [-0.39, 0.29) is 18.2 Å². The van der Waals surface area contributed by atoms with Gasteiger partial charge in [0, 0.05) is 23.4 Å². The molecule has 6 nitrogen and oxygen atoms in total. The van der Waals surface area contributed by atoms with Crippen LogP contribution in [0.15, 0.2) is 52.7 Å². The number of para-hydroxylation sites is 1. The lowest BCUT2D eigenvalue weighted by Gasteiger charge is -2.07. The quantitative estimate of drug-likeness (QED) is 0.285. The van der Waals surface area contributed by atoms with Crippen LogP contribution < -0.4 is 4.74 Å². The van der Waals surface area contributed by atoms with E-state index in [1.165, 1.54) is 0 Å². The van der Waals surface area contributed by atoms with Gasteiger partial charge in [0.1, 0.15) is 5.75 Å². The predicted octanol–water partition coefficient (Wildman–Crippen LogP) is 6.92. The van der Waals surface area contributed by atoms with Crippen molar-refractivity contribution in [2.75, 3.05) is 6.61 Å². The number of fused-ring (bicyclic) bond motifs is 1. The summed E-state index contributed by atoms with van der Waals surface area (Å²) in [4.78, 5) is 12.1. The predicted molar refractivity (Wildman–Crippen MR) is 119 cm³/mol. The van der Waals surface area contributed by atoms with Crippen molar-refractivity contribution >= 4 is 45.7 Å². The highest BCUT2D eigenvalue weighted by atomic mass is 35.5. The van der Waals surface area contributed by atoms with Gasteiger partial charge in [0.25, 0.3) is 5.91 Å². The zero-order valence-electron chi connectivity index (χ0n) is 16.6. The third-order valence-electron chi connectivity index (χ3n) is 4.60. The van der Waals surface area contributed by atoms with E-state index in [4.69, 9.17) is 27.9 Å². The Hall–Kier alpha value is -2.57. The standard InChI is InChI=1S/C22H23Cl2N3O3/c1-2-3-12-27-18-8-5-4-7-16(18)21(22(27)29)26-25-20(28)9-6-13-30-19-11-10-15(23)14-17(19)24/h4-5,7-8,10-11,14,29H,2-3,6,9,12-13H2,1H3. The summed E-state index contributed by atoms with van der Waals surface area (Å²) < 4.78 is 7.37. The van der Waals surface area contributed by atoms with Crippen molar-refractivity contribution in [2.45, 2.75) is 39.2 Å². The number of aromatic nitrogens is 1. The fourth-order valence-corrected chi connectivity index (χ4v) is 3.53. The number of amides is 1. The maximum absolute atomic E-state index is 12.1. The molecule has 1 N–H and O–H groups in total. The minimum absolute atomic E-state index is 0.0295. The molecule has 0 aliphatic heterocycles. The topological polar surface area (TPSA) is 76.2 Å². The van der Waals surface area contributed by atoms with Gasteiger partial charge in [0.2, 0.25) is 5.88 Å². The molecule has 1 amide bonds. The van der Waals surface area contributed by atoms with E-state index < -0.39 is 0 Å². The molecule has 0 unspecified atom stereocenters. The highest BCUT2D eigenvalue weighted by Crippen LogP contribution is 2.39. The number of rotatable bonds is 9. The maximum Gasteiger partial charge on any atom is 0.264 e. The van der Waals surface area contributed by atoms with Crippen LogP contribution in [0.2, 0.25) is 10.0 Å². The first-order valence-electron chi connectivity index (χ1n) is 9.84. The lowest BCUT2D eigenvalue weighted by Crippen LogP contribution is -2.01. The minimum Gasteiger partial charge on any atom is -0.493 e. The SMILES string of the molecule is CCCCn1c(O)c(N=NC(=O)CCCOc2ccc(Cl)cc2Cl)c2ccccc21. The molecule has 3 aromatic rings. The molecule has 158 valence electrons. The Bertz CT molecular complexity index is 1060. The lowest BCUT2D eigenvalue weighted by atomic mass is 10.2. The molecule has 2 aromatic carbocycles. The Kier molecular flexibility index (Phi) is 7.71. The highest BCUT2D eigenvalue weighted by molar-refractivity contribution is 6.35. The molecule has 8 heteroatoms. The summed E-state index contributed by atoms with van der Waals surface area (Å²) in [5, 5.41) is 20.1. The van der Waals surface area contributed by atoms with Crippen molar-refractivity contribution in [1.29, 1.82) is 0 Å². The number of aryl methyl sites for hydroxylation is 1. The number of carbonyl (C=O) groups excluding carboxylic acids is 1. The van der Waals surface area contributed by atoms with Gasteiger partial charge in [0.15, 0.2) is 5.69 Å². The Morgan fingerprint density at radius 3 is 2.73 bits per heavy atom. The molecule has 0 bridgehead atoms. The number of hydrogen-bond donors (Lipinski definition) is 1. The van der Waals surface area contributed by atoms with Gasteiger partial charge < -0.3 is 14.4 Å². The second-order valence-electron chi connectivity index (χ2n) is 6.82.